The number of nitrogens with one attached hydrogen (secondary N) is 2. The first-order valence-electron chi connectivity index (χ1n) is 10.4. The second kappa shape index (κ2) is 9.57. The lowest BCUT2D eigenvalue weighted by Gasteiger charge is -2.34. The zero-order valence-electron chi connectivity index (χ0n) is 17.5. The molecule has 6 heteroatoms. The van der Waals surface area contributed by atoms with E-state index in [2.05, 4.69) is 17.6 Å². The molecule has 1 saturated carbocycles. The van der Waals surface area contributed by atoms with E-state index in [1.54, 1.807) is 18.2 Å². The summed E-state index contributed by atoms with van der Waals surface area (Å²) >= 11 is 0. The highest BCUT2D eigenvalue weighted by atomic mass is 16.2. The largest absolute Gasteiger partial charge is 0.366 e. The third-order valence-electron chi connectivity index (χ3n) is 5.87. The predicted octanol–water partition coefficient (Wildman–Crippen LogP) is 3.72. The van der Waals surface area contributed by atoms with Crippen molar-refractivity contribution in [3.8, 4) is 0 Å². The van der Waals surface area contributed by atoms with Crippen LogP contribution in [-0.2, 0) is 9.59 Å². The molecule has 0 bridgehead atoms. The molecule has 158 valence electrons. The van der Waals surface area contributed by atoms with Gasteiger partial charge in [-0.3, -0.25) is 14.4 Å². The molecule has 0 aliphatic heterocycles. The zero-order valence-corrected chi connectivity index (χ0v) is 17.5. The van der Waals surface area contributed by atoms with Crippen LogP contribution in [0.1, 0.15) is 60.1 Å². The highest BCUT2D eigenvalue weighted by Gasteiger charge is 2.31. The Labute approximate surface area is 177 Å². The molecule has 0 spiro atoms. The van der Waals surface area contributed by atoms with Crippen molar-refractivity contribution in [1.29, 1.82) is 0 Å². The highest BCUT2D eigenvalue weighted by Crippen LogP contribution is 2.38. The monoisotopic (exact) mass is 407 g/mol. The van der Waals surface area contributed by atoms with Gasteiger partial charge in [0.25, 0.3) is 0 Å². The molecule has 1 aliphatic rings. The van der Waals surface area contributed by atoms with Crippen LogP contribution in [0.2, 0.25) is 0 Å². The first-order valence-corrected chi connectivity index (χ1v) is 10.4. The maximum Gasteiger partial charge on any atom is 0.313 e. The minimum atomic E-state index is -0.765. The van der Waals surface area contributed by atoms with E-state index in [4.69, 9.17) is 5.73 Å². The normalized spacial score (nSPS) is 19.5. The summed E-state index contributed by atoms with van der Waals surface area (Å²) in [5, 5.41) is 5.54. The molecule has 0 saturated heterocycles. The smallest absolute Gasteiger partial charge is 0.313 e. The summed E-state index contributed by atoms with van der Waals surface area (Å²) in [6.07, 6.45) is 4.35. The summed E-state index contributed by atoms with van der Waals surface area (Å²) in [5.74, 6) is -1.17. The third-order valence-corrected chi connectivity index (χ3v) is 5.87. The number of aryl methyl sites for hydroxylation is 1. The Hall–Kier alpha value is -3.15. The summed E-state index contributed by atoms with van der Waals surface area (Å²) in [7, 11) is 0. The molecule has 2 aromatic rings. The Morgan fingerprint density at radius 1 is 1.03 bits per heavy atom. The predicted molar refractivity (Wildman–Crippen MR) is 117 cm³/mol. The molecule has 0 heterocycles. The van der Waals surface area contributed by atoms with Gasteiger partial charge in [-0.15, -0.1) is 0 Å². The third kappa shape index (κ3) is 5.26. The number of nitrogens with two attached hydrogens (primary N) is 1. The van der Waals surface area contributed by atoms with Crippen molar-refractivity contribution in [2.24, 2.45) is 17.6 Å². The molecule has 3 unspecified atom stereocenters. The minimum absolute atomic E-state index is 0.218. The van der Waals surface area contributed by atoms with Gasteiger partial charge in [-0.1, -0.05) is 50.1 Å². The number of hydrogen-bond acceptors (Lipinski definition) is 3. The lowest BCUT2D eigenvalue weighted by atomic mass is 9.76. The Balaban J connectivity index is 1.77. The number of primary amides is 1. The number of hydrogen-bond donors (Lipinski definition) is 3. The fraction of sp³-hybridized carbons (Fsp3) is 0.375. The van der Waals surface area contributed by atoms with E-state index in [1.165, 1.54) is 12.5 Å². The van der Waals surface area contributed by atoms with E-state index < -0.39 is 17.7 Å². The minimum Gasteiger partial charge on any atom is -0.366 e. The summed E-state index contributed by atoms with van der Waals surface area (Å²) in [6, 6.07) is 14.0. The van der Waals surface area contributed by atoms with Gasteiger partial charge >= 0.3 is 11.8 Å². The number of rotatable bonds is 5. The van der Waals surface area contributed by atoms with E-state index in [-0.39, 0.29) is 17.5 Å². The van der Waals surface area contributed by atoms with Crippen LogP contribution in [0.3, 0.4) is 0 Å². The number of carbonyl (C=O) groups is 3. The van der Waals surface area contributed by atoms with Gasteiger partial charge in [0.05, 0.1) is 6.04 Å². The standard InChI is InChI=1S/C24H29N3O3/c1-15-7-5-9-17(13-15)21(20-12-4-3-8-16(20)2)27-24(30)23(29)26-19-11-6-10-18(14-19)22(25)28/h3-4,6,8,10-12,14-15,17,21H,5,7,9,13H2,1-2H3,(H2,25,28)(H,26,29)(H,27,30). The van der Waals surface area contributed by atoms with Crippen LogP contribution in [0.5, 0.6) is 0 Å². The van der Waals surface area contributed by atoms with Crippen molar-refractivity contribution in [3.05, 3.63) is 65.2 Å². The van der Waals surface area contributed by atoms with Gasteiger partial charge in [-0.25, -0.2) is 0 Å². The van der Waals surface area contributed by atoms with Gasteiger partial charge in [-0.2, -0.15) is 0 Å². The molecular formula is C24H29N3O3. The molecule has 3 rings (SSSR count). The molecule has 3 atom stereocenters. The molecule has 1 aliphatic carbocycles. The van der Waals surface area contributed by atoms with Crippen molar-refractivity contribution >= 4 is 23.4 Å². The lowest BCUT2D eigenvalue weighted by Crippen LogP contribution is -2.41. The molecule has 0 aromatic heterocycles. The van der Waals surface area contributed by atoms with Crippen molar-refractivity contribution < 1.29 is 14.4 Å². The Kier molecular flexibility index (Phi) is 6.87. The van der Waals surface area contributed by atoms with Gasteiger partial charge < -0.3 is 16.4 Å². The van der Waals surface area contributed by atoms with Gasteiger partial charge in [0.1, 0.15) is 0 Å². The van der Waals surface area contributed by atoms with Crippen LogP contribution in [0.15, 0.2) is 48.5 Å². The second-order valence-corrected chi connectivity index (χ2v) is 8.24. The first-order chi connectivity index (χ1) is 14.3. The molecule has 6 nitrogen and oxygen atoms in total. The van der Waals surface area contributed by atoms with Crippen LogP contribution in [0, 0.1) is 18.8 Å². The van der Waals surface area contributed by atoms with Crippen molar-refractivity contribution in [3.63, 3.8) is 0 Å². The number of amides is 3. The Bertz CT molecular complexity index is 941. The lowest BCUT2D eigenvalue weighted by molar-refractivity contribution is -0.137. The van der Waals surface area contributed by atoms with Crippen molar-refractivity contribution in [2.75, 3.05) is 5.32 Å². The quantitative estimate of drug-likeness (QED) is 0.659. The second-order valence-electron chi connectivity index (χ2n) is 8.24. The summed E-state index contributed by atoms with van der Waals surface area (Å²) < 4.78 is 0. The van der Waals surface area contributed by atoms with Crippen molar-refractivity contribution in [2.45, 2.75) is 45.6 Å². The number of anilines is 1. The van der Waals surface area contributed by atoms with Crippen LogP contribution < -0.4 is 16.4 Å². The molecule has 30 heavy (non-hydrogen) atoms. The van der Waals surface area contributed by atoms with E-state index in [1.807, 2.05) is 31.2 Å². The molecule has 2 aromatic carbocycles. The van der Waals surface area contributed by atoms with Crippen LogP contribution in [-0.4, -0.2) is 17.7 Å². The molecular weight excluding hydrogens is 378 g/mol. The summed E-state index contributed by atoms with van der Waals surface area (Å²) in [6.45, 7) is 4.26. The zero-order chi connectivity index (χ0) is 21.7. The molecule has 4 N–H and O–H groups in total. The highest BCUT2D eigenvalue weighted by molar-refractivity contribution is 6.39. The van der Waals surface area contributed by atoms with Gasteiger partial charge in [-0.05, 0) is 60.9 Å². The van der Waals surface area contributed by atoms with E-state index >= 15 is 0 Å². The molecule has 0 radical (unpaired) electrons. The summed E-state index contributed by atoms with van der Waals surface area (Å²) in [4.78, 5) is 36.7. The van der Waals surface area contributed by atoms with Gasteiger partial charge in [0.15, 0.2) is 0 Å². The Morgan fingerprint density at radius 3 is 2.50 bits per heavy atom. The SMILES string of the molecule is Cc1ccccc1C(NC(=O)C(=O)Nc1cccc(C(N)=O)c1)C1CCCC(C)C1. The van der Waals surface area contributed by atoms with Crippen LogP contribution in [0.4, 0.5) is 5.69 Å². The topological polar surface area (TPSA) is 101 Å². The fourth-order valence-corrected chi connectivity index (χ4v) is 4.31. The maximum atomic E-state index is 12.8. The average Bonchev–Trinajstić information content (AvgIpc) is 2.72. The first kappa shape index (κ1) is 21.6. The maximum absolute atomic E-state index is 12.8. The Morgan fingerprint density at radius 2 is 1.80 bits per heavy atom. The van der Waals surface area contributed by atoms with Crippen LogP contribution in [0.25, 0.3) is 0 Å². The summed E-state index contributed by atoms with van der Waals surface area (Å²) in [5.41, 5.74) is 8.04. The van der Waals surface area contributed by atoms with Crippen LogP contribution >= 0.6 is 0 Å². The van der Waals surface area contributed by atoms with Gasteiger partial charge in [0.2, 0.25) is 5.91 Å². The van der Waals surface area contributed by atoms with Crippen molar-refractivity contribution in [1.82, 2.24) is 5.32 Å². The number of carbonyl (C=O) groups excluding carboxylic acids is 3. The number of benzene rings is 2. The van der Waals surface area contributed by atoms with E-state index in [9.17, 15) is 14.4 Å². The fourth-order valence-electron chi connectivity index (χ4n) is 4.31. The van der Waals surface area contributed by atoms with E-state index in [0.29, 0.717) is 11.6 Å². The van der Waals surface area contributed by atoms with E-state index in [0.717, 1.165) is 30.4 Å². The molecule has 3 amide bonds. The van der Waals surface area contributed by atoms with Gasteiger partial charge in [0, 0.05) is 11.3 Å². The molecule has 1 fully saturated rings. The average molecular weight is 408 g/mol.